The molecule has 1 aromatic carbocycles. The van der Waals surface area contributed by atoms with E-state index in [1.54, 1.807) is 13.8 Å². The summed E-state index contributed by atoms with van der Waals surface area (Å²) in [5, 5.41) is 14.9. The van der Waals surface area contributed by atoms with Crippen molar-refractivity contribution in [2.24, 2.45) is 5.92 Å². The van der Waals surface area contributed by atoms with E-state index >= 15 is 0 Å². The molecule has 7 nitrogen and oxygen atoms in total. The molecule has 9 heteroatoms. The number of aryl methyl sites for hydroxylation is 2. The molecule has 1 aliphatic carbocycles. The van der Waals surface area contributed by atoms with E-state index in [0.717, 1.165) is 29.7 Å². The molecule has 3 unspecified atom stereocenters. The predicted molar refractivity (Wildman–Crippen MR) is 135 cm³/mol. The van der Waals surface area contributed by atoms with Gasteiger partial charge in [-0.3, -0.25) is 4.79 Å². The lowest BCUT2D eigenvalue weighted by Crippen LogP contribution is -2.50. The zero-order chi connectivity index (χ0) is 24.7. The van der Waals surface area contributed by atoms with E-state index in [2.05, 4.69) is 22.5 Å². The Balaban J connectivity index is 1.79. The Morgan fingerprint density at radius 1 is 1.29 bits per heavy atom. The van der Waals surface area contributed by atoms with E-state index in [1.807, 2.05) is 37.3 Å². The van der Waals surface area contributed by atoms with E-state index in [9.17, 15) is 18.3 Å². The maximum atomic E-state index is 13.4. The Morgan fingerprint density at radius 2 is 2.03 bits per heavy atom. The molecule has 0 fully saturated rings. The highest BCUT2D eigenvalue weighted by molar-refractivity contribution is 7.91. The first kappa shape index (κ1) is 26.5. The van der Waals surface area contributed by atoms with Crippen molar-refractivity contribution in [3.05, 3.63) is 58.7 Å². The number of nitrogens with zero attached hydrogens (tertiary/aromatic N) is 2. The third kappa shape index (κ3) is 6.97. The van der Waals surface area contributed by atoms with Gasteiger partial charge in [-0.2, -0.15) is 4.31 Å². The second-order valence-electron chi connectivity index (χ2n) is 8.87. The number of aliphatic hydroxyl groups excluding tert-OH is 1. The predicted octanol–water partition coefficient (Wildman–Crippen LogP) is 3.61. The molecule has 3 rings (SSSR count). The minimum absolute atomic E-state index is 0.103. The molecular weight excluding hydrogens is 470 g/mol. The van der Waals surface area contributed by atoms with Crippen LogP contribution >= 0.6 is 11.3 Å². The van der Waals surface area contributed by atoms with Gasteiger partial charge < -0.3 is 10.4 Å². The van der Waals surface area contributed by atoms with Crippen LogP contribution in [-0.4, -0.2) is 54.0 Å². The average molecular weight is 506 g/mol. The van der Waals surface area contributed by atoms with Crippen molar-refractivity contribution >= 4 is 27.3 Å². The molecule has 1 aromatic heterocycles. The van der Waals surface area contributed by atoms with Gasteiger partial charge in [-0.1, -0.05) is 49.4 Å². The number of thiazole rings is 1. The SMILES string of the molecule is CCCN(CC(O)C(Cc1ccccc1)NC(=O)CC1C=CCC1)S(=O)(=O)c1sc(C)nc1C. The first-order valence-corrected chi connectivity index (χ1v) is 14.1. The summed E-state index contributed by atoms with van der Waals surface area (Å²) in [7, 11) is -3.81. The number of nitrogens with one attached hydrogen (secondary N) is 1. The van der Waals surface area contributed by atoms with Crippen molar-refractivity contribution in [2.75, 3.05) is 13.1 Å². The fourth-order valence-electron chi connectivity index (χ4n) is 4.28. The number of allylic oxidation sites excluding steroid dienone is 2. The van der Waals surface area contributed by atoms with Crippen molar-refractivity contribution in [1.29, 1.82) is 0 Å². The van der Waals surface area contributed by atoms with E-state index in [1.165, 1.54) is 4.31 Å². The summed E-state index contributed by atoms with van der Waals surface area (Å²) in [4.78, 5) is 17.1. The van der Waals surface area contributed by atoms with Crippen molar-refractivity contribution in [3.8, 4) is 0 Å². The quantitative estimate of drug-likeness (QED) is 0.430. The van der Waals surface area contributed by atoms with Crippen LogP contribution < -0.4 is 5.32 Å². The van der Waals surface area contributed by atoms with Gasteiger partial charge in [0.2, 0.25) is 5.91 Å². The molecule has 34 heavy (non-hydrogen) atoms. The fourth-order valence-corrected chi connectivity index (χ4v) is 7.45. The van der Waals surface area contributed by atoms with Crippen LogP contribution in [0.5, 0.6) is 0 Å². The molecule has 186 valence electrons. The Bertz CT molecular complexity index is 1080. The summed E-state index contributed by atoms with van der Waals surface area (Å²) in [6, 6.07) is 9.00. The lowest BCUT2D eigenvalue weighted by atomic mass is 9.99. The number of amides is 1. The molecule has 1 amide bonds. The Hall–Kier alpha value is -2.07. The number of carbonyl (C=O) groups is 1. The summed E-state index contributed by atoms with van der Waals surface area (Å²) in [6.45, 7) is 5.54. The number of rotatable bonds is 12. The number of aliphatic hydroxyl groups is 1. The van der Waals surface area contributed by atoms with E-state index < -0.39 is 22.2 Å². The van der Waals surface area contributed by atoms with Crippen LogP contribution in [0.3, 0.4) is 0 Å². The second kappa shape index (κ2) is 12.1. The molecule has 0 saturated heterocycles. The second-order valence-corrected chi connectivity index (χ2v) is 12.2. The summed E-state index contributed by atoms with van der Waals surface area (Å²) in [5.74, 6) is 0.0828. The van der Waals surface area contributed by atoms with Crippen molar-refractivity contribution < 1.29 is 18.3 Å². The Morgan fingerprint density at radius 3 is 2.62 bits per heavy atom. The Labute approximate surface area is 207 Å². The molecular formula is C25H35N3O4S2. The number of sulfonamides is 1. The van der Waals surface area contributed by atoms with Crippen LogP contribution in [0, 0.1) is 19.8 Å². The molecule has 1 aliphatic rings. The van der Waals surface area contributed by atoms with Crippen molar-refractivity contribution in [2.45, 2.75) is 69.2 Å². The maximum absolute atomic E-state index is 13.4. The normalized spacial score (nSPS) is 17.7. The molecule has 0 saturated carbocycles. The fraction of sp³-hybridized carbons (Fsp3) is 0.520. The van der Waals surface area contributed by atoms with E-state index in [-0.39, 0.29) is 29.1 Å². The monoisotopic (exact) mass is 505 g/mol. The number of hydrogen-bond donors (Lipinski definition) is 2. The van der Waals surface area contributed by atoms with E-state index in [0.29, 0.717) is 30.0 Å². The number of benzene rings is 1. The number of aromatic nitrogens is 1. The first-order chi connectivity index (χ1) is 16.2. The molecule has 0 bridgehead atoms. The minimum atomic E-state index is -3.81. The third-order valence-corrected chi connectivity index (χ3v) is 9.49. The zero-order valence-corrected chi connectivity index (χ0v) is 21.7. The molecule has 2 aromatic rings. The number of hydrogen-bond acceptors (Lipinski definition) is 6. The van der Waals surface area contributed by atoms with Gasteiger partial charge in [0.1, 0.15) is 0 Å². The lowest BCUT2D eigenvalue weighted by molar-refractivity contribution is -0.123. The van der Waals surface area contributed by atoms with Gasteiger partial charge in [-0.05, 0) is 51.0 Å². The average Bonchev–Trinajstić information content (AvgIpc) is 3.42. The highest BCUT2D eigenvalue weighted by Crippen LogP contribution is 2.27. The standard InChI is InChI=1S/C25H35N3O4S2/c1-4-14-28(34(31,32)25-18(2)26-19(3)33-25)17-23(29)22(15-20-10-6-5-7-11-20)27-24(30)16-21-12-8-9-13-21/h5-8,10-12,21-23,29H,4,9,13-17H2,1-3H3,(H,27,30). The topological polar surface area (TPSA) is 99.6 Å². The van der Waals surface area contributed by atoms with Crippen LogP contribution in [0.25, 0.3) is 0 Å². The van der Waals surface area contributed by atoms with Crippen molar-refractivity contribution in [1.82, 2.24) is 14.6 Å². The molecule has 1 heterocycles. The van der Waals surface area contributed by atoms with Gasteiger partial charge in [0.05, 0.1) is 22.8 Å². The van der Waals surface area contributed by atoms with Gasteiger partial charge in [-0.25, -0.2) is 13.4 Å². The lowest BCUT2D eigenvalue weighted by Gasteiger charge is -2.29. The molecule has 0 aliphatic heterocycles. The number of carbonyl (C=O) groups excluding carboxylic acids is 1. The first-order valence-electron chi connectivity index (χ1n) is 11.8. The largest absolute Gasteiger partial charge is 0.390 e. The zero-order valence-electron chi connectivity index (χ0n) is 20.1. The van der Waals surface area contributed by atoms with Crippen LogP contribution in [0.15, 0.2) is 46.7 Å². The summed E-state index contributed by atoms with van der Waals surface area (Å²) < 4.78 is 28.4. The van der Waals surface area contributed by atoms with E-state index in [4.69, 9.17) is 0 Å². The summed E-state index contributed by atoms with van der Waals surface area (Å²) >= 11 is 1.14. The molecule has 0 radical (unpaired) electrons. The minimum Gasteiger partial charge on any atom is -0.390 e. The van der Waals surface area contributed by atoms with Crippen LogP contribution in [0.4, 0.5) is 0 Å². The maximum Gasteiger partial charge on any atom is 0.254 e. The van der Waals surface area contributed by atoms with Gasteiger partial charge in [0, 0.05) is 19.5 Å². The van der Waals surface area contributed by atoms with Gasteiger partial charge >= 0.3 is 0 Å². The summed E-state index contributed by atoms with van der Waals surface area (Å²) in [5.41, 5.74) is 1.43. The smallest absolute Gasteiger partial charge is 0.254 e. The molecule has 3 atom stereocenters. The molecule has 0 spiro atoms. The van der Waals surface area contributed by atoms with Crippen LogP contribution in [0.1, 0.15) is 48.9 Å². The highest BCUT2D eigenvalue weighted by atomic mass is 32.2. The van der Waals surface area contributed by atoms with Gasteiger partial charge in [0.25, 0.3) is 10.0 Å². The van der Waals surface area contributed by atoms with Gasteiger partial charge in [0.15, 0.2) is 4.21 Å². The van der Waals surface area contributed by atoms with Gasteiger partial charge in [-0.15, -0.1) is 11.3 Å². The summed E-state index contributed by atoms with van der Waals surface area (Å²) in [6.07, 6.45) is 6.40. The highest BCUT2D eigenvalue weighted by Gasteiger charge is 2.33. The van der Waals surface area contributed by atoms with Crippen LogP contribution in [0.2, 0.25) is 0 Å². The van der Waals surface area contributed by atoms with Crippen LogP contribution in [-0.2, 0) is 21.2 Å². The molecule has 2 N–H and O–H groups in total. The van der Waals surface area contributed by atoms with Crippen molar-refractivity contribution in [3.63, 3.8) is 0 Å². The third-order valence-electron chi connectivity index (χ3n) is 5.97. The Kier molecular flexibility index (Phi) is 9.41.